The molecule has 0 radical (unpaired) electrons. The summed E-state index contributed by atoms with van der Waals surface area (Å²) in [4.78, 5) is 27.3. The van der Waals surface area contributed by atoms with Crippen molar-refractivity contribution in [1.29, 1.82) is 0 Å². The van der Waals surface area contributed by atoms with Crippen molar-refractivity contribution >= 4 is 5.91 Å². The number of benzene rings is 2. The van der Waals surface area contributed by atoms with Gasteiger partial charge in [-0.15, -0.1) is 10.2 Å². The van der Waals surface area contributed by atoms with Crippen molar-refractivity contribution in [3.8, 4) is 28.6 Å². The average molecular weight is 438 g/mol. The molecule has 0 saturated heterocycles. The second-order valence-corrected chi connectivity index (χ2v) is 6.95. The van der Waals surface area contributed by atoms with E-state index in [0.29, 0.717) is 29.4 Å². The quantitative estimate of drug-likeness (QED) is 0.498. The Labute approximate surface area is 185 Å². The third-order valence-corrected chi connectivity index (χ3v) is 4.87. The number of H-pyrrole nitrogens is 1. The van der Waals surface area contributed by atoms with Crippen LogP contribution in [0.3, 0.4) is 0 Å². The van der Waals surface area contributed by atoms with Crippen LogP contribution in [0.1, 0.15) is 17.7 Å². The number of aromatic amines is 1. The molecule has 9 heteroatoms. The van der Waals surface area contributed by atoms with Gasteiger partial charge in [-0.3, -0.25) is 9.59 Å². The zero-order chi connectivity index (χ0) is 22.9. The molecule has 2 N–H and O–H groups in total. The summed E-state index contributed by atoms with van der Waals surface area (Å²) in [5, 5.41) is 11.0. The monoisotopic (exact) mass is 438 g/mol. The van der Waals surface area contributed by atoms with Crippen molar-refractivity contribution in [2.24, 2.45) is 0 Å². The Balaban J connectivity index is 1.63. The van der Waals surface area contributed by atoms with Crippen molar-refractivity contribution in [3.05, 3.63) is 64.1 Å². The molecular weight excluding hydrogens is 412 g/mol. The molecule has 3 rings (SSSR count). The highest BCUT2D eigenvalue weighted by Crippen LogP contribution is 2.40. The molecule has 3 aromatic rings. The topological polar surface area (TPSA) is 115 Å². The fraction of sp³-hybridized carbons (Fsp3) is 0.304. The highest BCUT2D eigenvalue weighted by Gasteiger charge is 2.16. The van der Waals surface area contributed by atoms with E-state index in [-0.39, 0.29) is 30.3 Å². The minimum Gasteiger partial charge on any atom is -0.493 e. The van der Waals surface area contributed by atoms with Gasteiger partial charge < -0.3 is 24.5 Å². The maximum absolute atomic E-state index is 12.5. The van der Waals surface area contributed by atoms with Gasteiger partial charge in [-0.05, 0) is 24.1 Å². The Morgan fingerprint density at radius 1 is 0.969 bits per heavy atom. The zero-order valence-electron chi connectivity index (χ0n) is 18.3. The van der Waals surface area contributed by atoms with Crippen molar-refractivity contribution in [1.82, 2.24) is 20.5 Å². The lowest BCUT2D eigenvalue weighted by atomic mass is 10.1. The number of hydrogen-bond acceptors (Lipinski definition) is 7. The summed E-state index contributed by atoms with van der Waals surface area (Å²) >= 11 is 0. The maximum Gasteiger partial charge on any atom is 0.273 e. The Morgan fingerprint density at radius 3 is 2.25 bits per heavy atom. The number of carbonyl (C=O) groups excluding carboxylic acids is 1. The normalized spacial score (nSPS) is 10.5. The smallest absolute Gasteiger partial charge is 0.273 e. The Kier molecular flexibility index (Phi) is 7.80. The molecule has 0 aliphatic heterocycles. The molecule has 32 heavy (non-hydrogen) atoms. The van der Waals surface area contributed by atoms with Crippen LogP contribution in [0.4, 0.5) is 0 Å². The van der Waals surface area contributed by atoms with Gasteiger partial charge in [0.15, 0.2) is 17.3 Å². The summed E-state index contributed by atoms with van der Waals surface area (Å²) in [6.07, 6.45) is 1.08. The molecule has 0 spiro atoms. The number of aromatic nitrogens is 3. The summed E-state index contributed by atoms with van der Waals surface area (Å²) in [5.41, 5.74) is 1.49. The van der Waals surface area contributed by atoms with E-state index in [1.807, 2.05) is 30.3 Å². The maximum atomic E-state index is 12.5. The number of ether oxygens (including phenoxy) is 3. The molecule has 1 heterocycles. The number of aryl methyl sites for hydroxylation is 1. The molecule has 0 saturated carbocycles. The van der Waals surface area contributed by atoms with Crippen LogP contribution < -0.4 is 25.1 Å². The predicted octanol–water partition coefficient (Wildman–Crippen LogP) is 2.15. The molecule has 0 aliphatic carbocycles. The minimum absolute atomic E-state index is 0.143. The SMILES string of the molecule is COc1cc(-c2nnc(CCC(=O)NCCc3ccccc3)c(=O)[nH]2)cc(OC)c1OC. The van der Waals surface area contributed by atoms with E-state index in [0.717, 1.165) is 12.0 Å². The summed E-state index contributed by atoms with van der Waals surface area (Å²) in [7, 11) is 4.52. The highest BCUT2D eigenvalue weighted by molar-refractivity contribution is 5.76. The van der Waals surface area contributed by atoms with E-state index in [9.17, 15) is 9.59 Å². The molecule has 0 bridgehead atoms. The third kappa shape index (κ3) is 5.63. The van der Waals surface area contributed by atoms with Crippen LogP contribution in [-0.2, 0) is 17.6 Å². The molecule has 0 atom stereocenters. The van der Waals surface area contributed by atoms with Crippen LogP contribution in [0.15, 0.2) is 47.3 Å². The largest absolute Gasteiger partial charge is 0.493 e. The van der Waals surface area contributed by atoms with Gasteiger partial charge in [-0.1, -0.05) is 30.3 Å². The summed E-state index contributed by atoms with van der Waals surface area (Å²) < 4.78 is 16.0. The van der Waals surface area contributed by atoms with Gasteiger partial charge in [-0.2, -0.15) is 0 Å². The van der Waals surface area contributed by atoms with Crippen LogP contribution >= 0.6 is 0 Å². The van der Waals surface area contributed by atoms with Gasteiger partial charge in [0.05, 0.1) is 21.3 Å². The van der Waals surface area contributed by atoms with Crippen LogP contribution in [0, 0.1) is 0 Å². The van der Waals surface area contributed by atoms with E-state index >= 15 is 0 Å². The van der Waals surface area contributed by atoms with Gasteiger partial charge in [0.25, 0.3) is 5.56 Å². The molecule has 1 aromatic heterocycles. The van der Waals surface area contributed by atoms with Crippen LogP contribution in [0.25, 0.3) is 11.4 Å². The fourth-order valence-corrected chi connectivity index (χ4v) is 3.18. The molecule has 0 fully saturated rings. The number of nitrogens with one attached hydrogen (secondary N) is 2. The molecular formula is C23H26N4O5. The van der Waals surface area contributed by atoms with Crippen molar-refractivity contribution < 1.29 is 19.0 Å². The lowest BCUT2D eigenvalue weighted by Crippen LogP contribution is -2.27. The number of amides is 1. The summed E-state index contributed by atoms with van der Waals surface area (Å²) in [6.45, 7) is 0.533. The molecule has 0 unspecified atom stereocenters. The summed E-state index contributed by atoms with van der Waals surface area (Å²) in [6, 6.07) is 13.2. The lowest BCUT2D eigenvalue weighted by molar-refractivity contribution is -0.121. The summed E-state index contributed by atoms with van der Waals surface area (Å²) in [5.74, 6) is 1.41. The third-order valence-electron chi connectivity index (χ3n) is 4.87. The number of methoxy groups -OCH3 is 3. The number of carbonyl (C=O) groups is 1. The number of rotatable bonds is 10. The standard InChI is InChI=1S/C23H26N4O5/c1-30-18-13-16(14-19(31-2)21(18)32-3)22-25-23(29)17(26-27-22)9-10-20(28)24-12-11-15-7-5-4-6-8-15/h4-8,13-14H,9-12H2,1-3H3,(H,24,28)(H,25,27,29). The number of nitrogens with zero attached hydrogens (tertiary/aromatic N) is 2. The molecule has 1 amide bonds. The van der Waals surface area contributed by atoms with Crippen LogP contribution in [0.2, 0.25) is 0 Å². The first-order chi connectivity index (χ1) is 15.5. The van der Waals surface area contributed by atoms with E-state index in [1.165, 1.54) is 21.3 Å². The van der Waals surface area contributed by atoms with Crippen molar-refractivity contribution in [3.63, 3.8) is 0 Å². The van der Waals surface area contributed by atoms with Crippen molar-refractivity contribution in [2.45, 2.75) is 19.3 Å². The van der Waals surface area contributed by atoms with Crippen LogP contribution in [-0.4, -0.2) is 49.0 Å². The minimum atomic E-state index is -0.402. The Bertz CT molecular complexity index is 1090. The molecule has 0 aliphatic rings. The van der Waals surface area contributed by atoms with Gasteiger partial charge >= 0.3 is 0 Å². The Morgan fingerprint density at radius 2 is 1.66 bits per heavy atom. The van der Waals surface area contributed by atoms with E-state index in [4.69, 9.17) is 14.2 Å². The first-order valence-corrected chi connectivity index (χ1v) is 10.1. The van der Waals surface area contributed by atoms with Crippen molar-refractivity contribution in [2.75, 3.05) is 27.9 Å². The van der Waals surface area contributed by atoms with E-state index in [1.54, 1.807) is 12.1 Å². The Hall–Kier alpha value is -3.88. The highest BCUT2D eigenvalue weighted by atomic mass is 16.5. The van der Waals surface area contributed by atoms with Gasteiger partial charge in [0, 0.05) is 24.9 Å². The molecule has 168 valence electrons. The first-order valence-electron chi connectivity index (χ1n) is 10.1. The van der Waals surface area contributed by atoms with Gasteiger partial charge in [0.1, 0.15) is 5.69 Å². The zero-order valence-corrected chi connectivity index (χ0v) is 18.3. The lowest BCUT2D eigenvalue weighted by Gasteiger charge is -2.13. The van der Waals surface area contributed by atoms with Crippen LogP contribution in [0.5, 0.6) is 17.2 Å². The fourth-order valence-electron chi connectivity index (χ4n) is 3.18. The van der Waals surface area contributed by atoms with E-state index in [2.05, 4.69) is 20.5 Å². The second-order valence-electron chi connectivity index (χ2n) is 6.95. The molecule has 9 nitrogen and oxygen atoms in total. The van der Waals surface area contributed by atoms with E-state index < -0.39 is 5.56 Å². The number of hydrogen-bond donors (Lipinski definition) is 2. The predicted molar refractivity (Wildman–Crippen MR) is 119 cm³/mol. The second kappa shape index (κ2) is 10.9. The average Bonchev–Trinajstić information content (AvgIpc) is 2.82. The van der Waals surface area contributed by atoms with Gasteiger partial charge in [0.2, 0.25) is 11.7 Å². The molecule has 2 aromatic carbocycles. The van der Waals surface area contributed by atoms with Gasteiger partial charge in [-0.25, -0.2) is 0 Å². The first kappa shape index (κ1) is 22.8.